The number of hydrogen-bond acceptors (Lipinski definition) is 0. The van der Waals surface area contributed by atoms with Gasteiger partial charge in [-0.1, -0.05) is 0 Å². The van der Waals surface area contributed by atoms with Gasteiger partial charge in [0.05, 0.1) is 5.52 Å². The van der Waals surface area contributed by atoms with E-state index in [1.807, 2.05) is 0 Å². The average Bonchev–Trinajstić information content (AvgIpc) is 2.60. The van der Waals surface area contributed by atoms with E-state index in [-0.39, 0.29) is 4.92 Å². The topological polar surface area (TPSA) is 4.93 Å². The summed E-state index contributed by atoms with van der Waals surface area (Å²) >= 11 is 7.39. The summed E-state index contributed by atoms with van der Waals surface area (Å²) in [6.07, 6.45) is 0. The van der Waals surface area contributed by atoms with Crippen LogP contribution in [0.4, 0.5) is 0 Å². The monoisotopic (exact) mass is 633 g/mol. The third-order valence-electron chi connectivity index (χ3n) is 3.92. The van der Waals surface area contributed by atoms with Crippen LogP contribution in [0.15, 0.2) is 6.07 Å². The fourth-order valence-corrected chi connectivity index (χ4v) is 2.41. The van der Waals surface area contributed by atoms with Crippen molar-refractivity contribution in [2.24, 2.45) is 7.05 Å². The number of aromatic nitrogens is 1. The standard InChI is InChI=1S/C14H19N.3HI.V/c1-8-7-13-11(4)9(2)10(3)12(5)14(13)15(8)6;;;;/h7H,1-6H3;3*1H;/q;;;;+3/p-3. The Hall–Kier alpha value is 1.53. The third kappa shape index (κ3) is 4.26. The molecule has 0 aliphatic carbocycles. The molecule has 1 nitrogen and oxygen atoms in total. The van der Waals surface area contributed by atoms with E-state index in [0.29, 0.717) is 0 Å². The first-order valence-electron chi connectivity index (χ1n) is 5.98. The van der Waals surface area contributed by atoms with Crippen LogP contribution in [0.5, 0.6) is 0 Å². The molecule has 0 unspecified atom stereocenters. The van der Waals surface area contributed by atoms with E-state index in [0.717, 1.165) is 0 Å². The molecule has 0 amide bonds. The van der Waals surface area contributed by atoms with Crippen molar-refractivity contribution in [2.45, 2.75) is 34.6 Å². The van der Waals surface area contributed by atoms with Crippen molar-refractivity contribution in [2.75, 3.05) is 0 Å². The molecule has 0 atom stereocenters. The molecule has 0 fully saturated rings. The molecular formula is C14H19I3NV. The molecule has 0 bridgehead atoms. The zero-order valence-corrected chi connectivity index (χ0v) is 20.0. The molecule has 0 saturated carbocycles. The number of hydrogen-bond donors (Lipinski definition) is 0. The Morgan fingerprint density at radius 1 is 0.842 bits per heavy atom. The molecule has 19 heavy (non-hydrogen) atoms. The predicted molar refractivity (Wildman–Crippen MR) is 109 cm³/mol. The molecule has 1 aromatic heterocycles. The number of halogens is 3. The van der Waals surface area contributed by atoms with Gasteiger partial charge < -0.3 is 4.57 Å². The molecule has 0 N–H and O–H groups in total. The maximum atomic E-state index is 2.46. The van der Waals surface area contributed by atoms with Crippen molar-refractivity contribution in [3.05, 3.63) is 34.0 Å². The Balaban J connectivity index is 0.000000399. The summed E-state index contributed by atoms with van der Waals surface area (Å²) in [6.45, 7) is 11.1. The molecule has 5 heteroatoms. The van der Waals surface area contributed by atoms with Crippen LogP contribution in [0.1, 0.15) is 27.9 Å². The number of fused-ring (bicyclic) bond motifs is 1. The Labute approximate surface area is 154 Å². The number of benzene rings is 1. The summed E-state index contributed by atoms with van der Waals surface area (Å²) in [5.41, 5.74) is 8.45. The van der Waals surface area contributed by atoms with Gasteiger partial charge in [0.2, 0.25) is 0 Å². The van der Waals surface area contributed by atoms with Gasteiger partial charge in [0.15, 0.2) is 0 Å². The summed E-state index contributed by atoms with van der Waals surface area (Å²) in [5, 5.41) is 1.41. The van der Waals surface area contributed by atoms with Gasteiger partial charge in [0, 0.05) is 18.1 Å². The fraction of sp³-hybridized carbons (Fsp3) is 0.429. The van der Waals surface area contributed by atoms with Gasteiger partial charge in [0.1, 0.15) is 0 Å². The Kier molecular flexibility index (Phi) is 7.52. The number of rotatable bonds is 0. The first kappa shape index (κ1) is 18.6. The third-order valence-corrected chi connectivity index (χ3v) is 3.92. The number of nitrogens with zero attached hydrogens (tertiary/aromatic N) is 1. The zero-order valence-electron chi connectivity index (χ0n) is 12.1. The van der Waals surface area contributed by atoms with Crippen LogP contribution in [0, 0.1) is 34.6 Å². The first-order valence-corrected chi connectivity index (χ1v) is 19.5. The first-order chi connectivity index (χ1) is 8.68. The minimum absolute atomic E-state index is 0.278. The van der Waals surface area contributed by atoms with Crippen molar-refractivity contribution >= 4 is 70.8 Å². The molecule has 1 aromatic carbocycles. The van der Waals surface area contributed by atoms with Crippen LogP contribution < -0.4 is 0 Å². The van der Waals surface area contributed by atoms with Crippen LogP contribution in [-0.2, 0) is 12.0 Å². The normalized spacial score (nSPS) is 10.8. The van der Waals surface area contributed by atoms with E-state index in [4.69, 9.17) is 0 Å². The van der Waals surface area contributed by atoms with Gasteiger partial charge in [-0.2, -0.15) is 0 Å². The van der Waals surface area contributed by atoms with E-state index in [2.05, 4.69) is 112 Å². The summed E-state index contributed by atoms with van der Waals surface area (Å²) in [5.74, 6) is 0. The second-order valence-corrected chi connectivity index (χ2v) is 40.2. The molecule has 2 aromatic rings. The van der Waals surface area contributed by atoms with Gasteiger partial charge in [-0.05, 0) is 62.9 Å². The van der Waals surface area contributed by atoms with Gasteiger partial charge in [-0.3, -0.25) is 0 Å². The van der Waals surface area contributed by atoms with Crippen molar-refractivity contribution in [1.29, 1.82) is 0 Å². The summed E-state index contributed by atoms with van der Waals surface area (Å²) in [6, 6.07) is 2.30. The zero-order chi connectivity index (χ0) is 14.9. The fourth-order valence-electron chi connectivity index (χ4n) is 2.41. The molecule has 0 aliphatic rings. The molecule has 2 rings (SSSR count). The summed E-state index contributed by atoms with van der Waals surface area (Å²) in [4.78, 5) is -0.278. The molecular weight excluding hydrogens is 614 g/mol. The SMILES string of the molecule is Cc1c(C)c(C)c2c(cc(C)n2C)c1C.[I][V]([I])[I]. The van der Waals surface area contributed by atoms with Crippen molar-refractivity contribution in [1.82, 2.24) is 4.57 Å². The van der Waals surface area contributed by atoms with Crippen LogP contribution in [0.2, 0.25) is 0 Å². The molecule has 106 valence electrons. The molecule has 0 spiro atoms. The van der Waals surface area contributed by atoms with Crippen molar-refractivity contribution in [3.63, 3.8) is 0 Å². The van der Waals surface area contributed by atoms with Gasteiger partial charge in [-0.15, -0.1) is 0 Å². The van der Waals surface area contributed by atoms with Gasteiger partial charge >= 0.3 is 64.9 Å². The van der Waals surface area contributed by atoms with E-state index < -0.39 is 0 Å². The van der Waals surface area contributed by atoms with E-state index in [1.54, 1.807) is 0 Å². The Morgan fingerprint density at radius 3 is 1.74 bits per heavy atom. The quantitative estimate of drug-likeness (QED) is 0.298. The second-order valence-electron chi connectivity index (χ2n) is 4.80. The minimum atomic E-state index is -0.278. The molecule has 0 aliphatic heterocycles. The van der Waals surface area contributed by atoms with Gasteiger partial charge in [-0.25, -0.2) is 0 Å². The van der Waals surface area contributed by atoms with Crippen LogP contribution in [0.25, 0.3) is 10.9 Å². The van der Waals surface area contributed by atoms with Gasteiger partial charge in [0.25, 0.3) is 0 Å². The van der Waals surface area contributed by atoms with E-state index in [1.165, 1.54) is 38.9 Å². The van der Waals surface area contributed by atoms with Crippen LogP contribution in [-0.4, -0.2) is 4.57 Å². The summed E-state index contributed by atoms with van der Waals surface area (Å²) < 4.78 is 2.30. The van der Waals surface area contributed by atoms with Crippen LogP contribution >= 0.6 is 59.9 Å². The second kappa shape index (κ2) is 7.69. The van der Waals surface area contributed by atoms with E-state index in [9.17, 15) is 0 Å². The Morgan fingerprint density at radius 2 is 1.26 bits per heavy atom. The maximum absolute atomic E-state index is 2.46. The Bertz CT molecular complexity index is 600. The predicted octanol–water partition coefficient (Wildman–Crippen LogP) is 6.38. The van der Waals surface area contributed by atoms with Crippen molar-refractivity contribution in [3.8, 4) is 0 Å². The molecule has 0 saturated heterocycles. The van der Waals surface area contributed by atoms with Crippen LogP contribution in [0.3, 0.4) is 0 Å². The number of aryl methyl sites for hydroxylation is 4. The average molecular weight is 633 g/mol. The molecule has 0 radical (unpaired) electrons. The molecule has 1 heterocycles. The van der Waals surface area contributed by atoms with Crippen molar-refractivity contribution < 1.29 is 4.92 Å². The summed E-state index contributed by atoms with van der Waals surface area (Å²) in [7, 11) is 2.15. The van der Waals surface area contributed by atoms with E-state index >= 15 is 0 Å².